The Kier molecular flexibility index (Phi) is 4.64. The van der Waals surface area contributed by atoms with Crippen LogP contribution in [-0.4, -0.2) is 57.4 Å². The van der Waals surface area contributed by atoms with Gasteiger partial charge in [0.2, 0.25) is 0 Å². The lowest BCUT2D eigenvalue weighted by atomic mass is 9.90. The van der Waals surface area contributed by atoms with E-state index in [1.165, 1.54) is 6.08 Å². The van der Waals surface area contributed by atoms with Crippen molar-refractivity contribution in [3.05, 3.63) is 11.6 Å². The molecule has 1 rings (SSSR count). The molecule has 0 aliphatic heterocycles. The Hall–Kier alpha value is -0.950. The van der Waals surface area contributed by atoms with Crippen molar-refractivity contribution in [1.82, 2.24) is 0 Å². The number of esters is 1. The SMILES string of the molecule is CC(C)C(=O)O[C@@H]1C=C(CO)[C@H](O)[C@@H](O)[C@@H]1O. The maximum Gasteiger partial charge on any atom is 0.309 e. The van der Waals surface area contributed by atoms with Crippen LogP contribution in [0.4, 0.5) is 0 Å². The number of carbonyl (C=O) groups excluding carboxylic acids is 1. The number of rotatable bonds is 3. The van der Waals surface area contributed by atoms with Gasteiger partial charge in [-0.25, -0.2) is 0 Å². The summed E-state index contributed by atoms with van der Waals surface area (Å²) in [5, 5.41) is 37.6. The highest BCUT2D eigenvalue weighted by molar-refractivity contribution is 5.72. The van der Waals surface area contributed by atoms with Crippen LogP contribution in [0.5, 0.6) is 0 Å². The third kappa shape index (κ3) is 3.04. The largest absolute Gasteiger partial charge is 0.455 e. The Morgan fingerprint density at radius 2 is 1.94 bits per heavy atom. The van der Waals surface area contributed by atoms with Crippen LogP contribution in [-0.2, 0) is 9.53 Å². The fourth-order valence-electron chi connectivity index (χ4n) is 1.53. The van der Waals surface area contributed by atoms with Crippen molar-refractivity contribution >= 4 is 5.97 Å². The van der Waals surface area contributed by atoms with Gasteiger partial charge in [0.05, 0.1) is 12.5 Å². The van der Waals surface area contributed by atoms with E-state index in [1.807, 2.05) is 0 Å². The molecule has 6 nitrogen and oxygen atoms in total. The minimum Gasteiger partial charge on any atom is -0.455 e. The molecule has 4 atom stereocenters. The van der Waals surface area contributed by atoms with Crippen LogP contribution in [0, 0.1) is 5.92 Å². The molecule has 4 N–H and O–H groups in total. The van der Waals surface area contributed by atoms with E-state index in [0.29, 0.717) is 0 Å². The first-order chi connectivity index (χ1) is 7.88. The van der Waals surface area contributed by atoms with Crippen molar-refractivity contribution in [3.8, 4) is 0 Å². The van der Waals surface area contributed by atoms with Crippen LogP contribution in [0.1, 0.15) is 13.8 Å². The Morgan fingerprint density at radius 3 is 2.41 bits per heavy atom. The van der Waals surface area contributed by atoms with Gasteiger partial charge in [-0.1, -0.05) is 13.8 Å². The molecule has 0 fully saturated rings. The Balaban J connectivity index is 2.84. The molecule has 6 heteroatoms. The molecule has 0 saturated carbocycles. The number of carbonyl (C=O) groups is 1. The molecule has 0 aromatic heterocycles. The normalized spacial score (nSPS) is 33.5. The maximum absolute atomic E-state index is 11.4. The van der Waals surface area contributed by atoms with Gasteiger partial charge in [-0.3, -0.25) is 4.79 Å². The van der Waals surface area contributed by atoms with E-state index in [9.17, 15) is 20.1 Å². The topological polar surface area (TPSA) is 107 Å². The molecule has 0 unspecified atom stereocenters. The van der Waals surface area contributed by atoms with Crippen molar-refractivity contribution in [2.24, 2.45) is 5.92 Å². The molecule has 1 aliphatic rings. The molecule has 17 heavy (non-hydrogen) atoms. The summed E-state index contributed by atoms with van der Waals surface area (Å²) in [5.41, 5.74) is 0.129. The highest BCUT2D eigenvalue weighted by atomic mass is 16.6. The van der Waals surface area contributed by atoms with Gasteiger partial charge in [0.1, 0.15) is 24.4 Å². The number of aliphatic hydroxyl groups is 4. The third-order valence-corrected chi connectivity index (χ3v) is 2.67. The fraction of sp³-hybridized carbons (Fsp3) is 0.727. The summed E-state index contributed by atoms with van der Waals surface area (Å²) in [6.07, 6.45) is -4.01. The van der Waals surface area contributed by atoms with Gasteiger partial charge < -0.3 is 25.2 Å². The maximum atomic E-state index is 11.4. The minimum absolute atomic E-state index is 0.129. The predicted molar refractivity (Wildman–Crippen MR) is 57.9 cm³/mol. The second kappa shape index (κ2) is 5.59. The molecular formula is C11H18O6. The van der Waals surface area contributed by atoms with Gasteiger partial charge in [0, 0.05) is 0 Å². The lowest BCUT2D eigenvalue weighted by Crippen LogP contribution is -2.50. The highest BCUT2D eigenvalue weighted by Crippen LogP contribution is 2.22. The quantitative estimate of drug-likeness (QED) is 0.359. The molecule has 1 aliphatic carbocycles. The Morgan fingerprint density at radius 1 is 1.35 bits per heavy atom. The molecule has 0 spiro atoms. The highest BCUT2D eigenvalue weighted by Gasteiger charge is 2.39. The molecule has 0 amide bonds. The average molecular weight is 246 g/mol. The van der Waals surface area contributed by atoms with Crippen LogP contribution < -0.4 is 0 Å². The van der Waals surface area contributed by atoms with Gasteiger partial charge in [0.15, 0.2) is 0 Å². The van der Waals surface area contributed by atoms with Gasteiger partial charge in [-0.05, 0) is 11.6 Å². The predicted octanol–water partition coefficient (Wildman–Crippen LogP) is -1.43. The molecule has 0 aromatic rings. The zero-order chi connectivity index (χ0) is 13.2. The van der Waals surface area contributed by atoms with Crippen molar-refractivity contribution in [1.29, 1.82) is 0 Å². The van der Waals surface area contributed by atoms with Crippen molar-refractivity contribution in [2.75, 3.05) is 6.61 Å². The van der Waals surface area contributed by atoms with Crippen LogP contribution in [0.3, 0.4) is 0 Å². The van der Waals surface area contributed by atoms with E-state index in [4.69, 9.17) is 9.84 Å². The fourth-order valence-corrected chi connectivity index (χ4v) is 1.53. The number of aliphatic hydroxyl groups excluding tert-OH is 4. The molecule has 0 aromatic carbocycles. The van der Waals surface area contributed by atoms with E-state index in [1.54, 1.807) is 13.8 Å². The summed E-state index contributed by atoms with van der Waals surface area (Å²) < 4.78 is 4.97. The van der Waals surface area contributed by atoms with Crippen LogP contribution >= 0.6 is 0 Å². The second-order valence-electron chi connectivity index (χ2n) is 4.38. The van der Waals surface area contributed by atoms with E-state index in [0.717, 1.165) is 0 Å². The van der Waals surface area contributed by atoms with Gasteiger partial charge in [-0.2, -0.15) is 0 Å². The van der Waals surface area contributed by atoms with Crippen molar-refractivity contribution < 1.29 is 30.0 Å². The van der Waals surface area contributed by atoms with Gasteiger partial charge in [0.25, 0.3) is 0 Å². The summed E-state index contributed by atoms with van der Waals surface area (Å²) in [5.74, 6) is -0.886. The summed E-state index contributed by atoms with van der Waals surface area (Å²) in [7, 11) is 0. The number of hydrogen-bond acceptors (Lipinski definition) is 6. The molecule has 98 valence electrons. The molecule has 0 saturated heterocycles. The first-order valence-electron chi connectivity index (χ1n) is 5.44. The van der Waals surface area contributed by atoms with E-state index >= 15 is 0 Å². The lowest BCUT2D eigenvalue weighted by Gasteiger charge is -2.33. The Bertz CT molecular complexity index is 311. The summed E-state index contributed by atoms with van der Waals surface area (Å²) >= 11 is 0. The van der Waals surface area contributed by atoms with Crippen LogP contribution in [0.15, 0.2) is 11.6 Å². The number of hydrogen-bond donors (Lipinski definition) is 4. The van der Waals surface area contributed by atoms with E-state index < -0.39 is 37.0 Å². The van der Waals surface area contributed by atoms with Crippen molar-refractivity contribution in [2.45, 2.75) is 38.3 Å². The molecule has 0 bridgehead atoms. The van der Waals surface area contributed by atoms with E-state index in [-0.39, 0.29) is 11.5 Å². The van der Waals surface area contributed by atoms with E-state index in [2.05, 4.69) is 0 Å². The third-order valence-electron chi connectivity index (χ3n) is 2.67. The number of ether oxygens (including phenoxy) is 1. The van der Waals surface area contributed by atoms with Crippen LogP contribution in [0.2, 0.25) is 0 Å². The van der Waals surface area contributed by atoms with Gasteiger partial charge >= 0.3 is 5.97 Å². The van der Waals surface area contributed by atoms with Crippen LogP contribution in [0.25, 0.3) is 0 Å². The average Bonchev–Trinajstić information content (AvgIpc) is 2.29. The van der Waals surface area contributed by atoms with Crippen molar-refractivity contribution in [3.63, 3.8) is 0 Å². The zero-order valence-electron chi connectivity index (χ0n) is 9.78. The summed E-state index contributed by atoms with van der Waals surface area (Å²) in [6.45, 7) is 2.81. The second-order valence-corrected chi connectivity index (χ2v) is 4.38. The standard InChI is InChI=1S/C11H18O6/c1-5(2)11(16)17-7-3-6(4-12)8(13)10(15)9(7)14/h3,5,7-10,12-15H,4H2,1-2H3/t7-,8+,9-,10-/m1/s1. The summed E-state index contributed by atoms with van der Waals surface area (Å²) in [4.78, 5) is 11.4. The first kappa shape index (κ1) is 14.1. The lowest BCUT2D eigenvalue weighted by molar-refractivity contribution is -0.164. The summed E-state index contributed by atoms with van der Waals surface area (Å²) in [6, 6.07) is 0. The zero-order valence-corrected chi connectivity index (χ0v) is 9.78. The molecular weight excluding hydrogens is 228 g/mol. The monoisotopic (exact) mass is 246 g/mol. The first-order valence-corrected chi connectivity index (χ1v) is 5.44. The smallest absolute Gasteiger partial charge is 0.309 e. The molecule has 0 heterocycles. The molecule has 0 radical (unpaired) electrons. The van der Waals surface area contributed by atoms with Gasteiger partial charge in [-0.15, -0.1) is 0 Å². The minimum atomic E-state index is -1.48. The Labute approximate surface area is 99.1 Å².